The summed E-state index contributed by atoms with van der Waals surface area (Å²) >= 11 is 4.25. The zero-order valence-corrected chi connectivity index (χ0v) is 14.3. The Kier molecular flexibility index (Phi) is 4.90. The van der Waals surface area contributed by atoms with E-state index in [1.165, 1.54) is 6.20 Å². The van der Waals surface area contributed by atoms with E-state index in [0.29, 0.717) is 16.8 Å². The van der Waals surface area contributed by atoms with Crippen molar-refractivity contribution in [2.24, 2.45) is 0 Å². The van der Waals surface area contributed by atoms with Crippen LogP contribution in [0.1, 0.15) is 38.8 Å². The Bertz CT molecular complexity index is 601. The second kappa shape index (κ2) is 6.14. The lowest BCUT2D eigenvalue weighted by Gasteiger charge is -2.32. The minimum atomic E-state index is -4.43. The molecule has 0 unspecified atom stereocenters. The largest absolute Gasteiger partial charge is 0.491 e. The Labute approximate surface area is 139 Å². The number of thiol groups is 1. The molecule has 8 heteroatoms. The molecule has 1 fully saturated rings. The van der Waals surface area contributed by atoms with Crippen molar-refractivity contribution < 1.29 is 22.5 Å². The van der Waals surface area contributed by atoms with Crippen molar-refractivity contribution in [3.63, 3.8) is 0 Å². The quantitative estimate of drug-likeness (QED) is 0.663. The Morgan fingerprint density at radius 1 is 1.22 bits per heavy atom. The summed E-state index contributed by atoms with van der Waals surface area (Å²) in [7, 11) is -0.646. The average Bonchev–Trinajstić information content (AvgIpc) is 2.64. The predicted molar refractivity (Wildman–Crippen MR) is 87.2 cm³/mol. The van der Waals surface area contributed by atoms with E-state index in [1.54, 1.807) is 6.08 Å². The molecule has 1 aromatic rings. The van der Waals surface area contributed by atoms with Gasteiger partial charge in [0.1, 0.15) is 0 Å². The standard InChI is InChI=1S/C15H19BF3NO2S/c1-13(2)14(3,4)22-16(21-13)12(9-23)6-10-5-11(8-20-7-10)15(17,18)19/h5-8,23H,9H2,1-4H3. The minimum Gasteiger partial charge on any atom is -0.400 e. The van der Waals surface area contributed by atoms with Gasteiger partial charge in [-0.1, -0.05) is 6.08 Å². The number of nitrogens with zero attached hydrogens (tertiary/aromatic N) is 1. The summed E-state index contributed by atoms with van der Waals surface area (Å²) in [5, 5.41) is 0. The molecule has 1 aliphatic rings. The molecule has 0 atom stereocenters. The van der Waals surface area contributed by atoms with Crippen LogP contribution in [0, 0.1) is 0 Å². The van der Waals surface area contributed by atoms with Crippen molar-refractivity contribution in [2.45, 2.75) is 45.1 Å². The molecule has 0 aliphatic carbocycles. The van der Waals surface area contributed by atoms with Crippen molar-refractivity contribution >= 4 is 25.8 Å². The van der Waals surface area contributed by atoms with Crippen molar-refractivity contribution in [1.82, 2.24) is 4.98 Å². The zero-order valence-electron chi connectivity index (χ0n) is 13.4. The first-order valence-corrected chi connectivity index (χ1v) is 7.79. The summed E-state index contributed by atoms with van der Waals surface area (Å²) in [6, 6.07) is 1.04. The number of halogens is 3. The molecule has 2 heterocycles. The van der Waals surface area contributed by atoms with Crippen LogP contribution < -0.4 is 0 Å². The molecule has 0 N–H and O–H groups in total. The third kappa shape index (κ3) is 3.92. The molecule has 1 aliphatic heterocycles. The smallest absolute Gasteiger partial charge is 0.400 e. The van der Waals surface area contributed by atoms with Crippen molar-refractivity contribution in [3.8, 4) is 0 Å². The normalized spacial score (nSPS) is 20.9. The number of aromatic nitrogens is 1. The fraction of sp³-hybridized carbons (Fsp3) is 0.533. The Morgan fingerprint density at radius 2 is 1.78 bits per heavy atom. The number of hydrogen-bond donors (Lipinski definition) is 1. The van der Waals surface area contributed by atoms with Crippen LogP contribution in [-0.4, -0.2) is 29.1 Å². The summed E-state index contributed by atoms with van der Waals surface area (Å²) < 4.78 is 50.1. The maximum absolute atomic E-state index is 12.8. The van der Waals surface area contributed by atoms with Crippen LogP contribution >= 0.6 is 12.6 Å². The molecular formula is C15H19BF3NO2S. The topological polar surface area (TPSA) is 31.4 Å². The molecule has 0 bridgehead atoms. The molecule has 2 rings (SSSR count). The average molecular weight is 345 g/mol. The molecule has 1 aromatic heterocycles. The molecule has 0 radical (unpaired) electrons. The molecule has 23 heavy (non-hydrogen) atoms. The van der Waals surface area contributed by atoms with E-state index < -0.39 is 30.1 Å². The van der Waals surface area contributed by atoms with Gasteiger partial charge < -0.3 is 9.31 Å². The van der Waals surface area contributed by atoms with Gasteiger partial charge in [0, 0.05) is 18.1 Å². The second-order valence-electron chi connectivity index (χ2n) is 6.47. The highest BCUT2D eigenvalue weighted by Crippen LogP contribution is 2.39. The van der Waals surface area contributed by atoms with E-state index in [-0.39, 0.29) is 0 Å². The molecule has 0 saturated carbocycles. The molecule has 1 saturated heterocycles. The van der Waals surface area contributed by atoms with E-state index in [1.807, 2.05) is 27.7 Å². The van der Waals surface area contributed by atoms with Crippen molar-refractivity contribution in [3.05, 3.63) is 35.1 Å². The Morgan fingerprint density at radius 3 is 2.26 bits per heavy atom. The molecule has 126 valence electrons. The van der Waals surface area contributed by atoms with Gasteiger partial charge in [-0.25, -0.2) is 0 Å². The lowest BCUT2D eigenvalue weighted by atomic mass is 9.78. The summed E-state index contributed by atoms with van der Waals surface area (Å²) in [4.78, 5) is 3.65. The second-order valence-corrected chi connectivity index (χ2v) is 6.79. The maximum atomic E-state index is 12.8. The molecular weight excluding hydrogens is 326 g/mol. The number of hydrogen-bond acceptors (Lipinski definition) is 4. The minimum absolute atomic E-state index is 0.299. The predicted octanol–water partition coefficient (Wildman–Crippen LogP) is 4.05. The first-order valence-electron chi connectivity index (χ1n) is 7.15. The van der Waals surface area contributed by atoms with Gasteiger partial charge in [-0.2, -0.15) is 25.8 Å². The van der Waals surface area contributed by atoms with Crippen LogP contribution in [0.3, 0.4) is 0 Å². The molecule has 0 aromatic carbocycles. The van der Waals surface area contributed by atoms with Crippen LogP contribution in [0.2, 0.25) is 0 Å². The number of alkyl halides is 3. The third-order valence-corrected chi connectivity index (χ3v) is 4.54. The fourth-order valence-electron chi connectivity index (χ4n) is 2.09. The van der Waals surface area contributed by atoms with E-state index in [2.05, 4.69) is 17.6 Å². The van der Waals surface area contributed by atoms with Gasteiger partial charge in [-0.3, -0.25) is 4.98 Å². The first-order chi connectivity index (χ1) is 10.5. The van der Waals surface area contributed by atoms with Gasteiger partial charge in [0.05, 0.1) is 16.8 Å². The molecule has 0 spiro atoms. The van der Waals surface area contributed by atoms with Crippen molar-refractivity contribution in [2.75, 3.05) is 5.75 Å². The van der Waals surface area contributed by atoms with E-state index >= 15 is 0 Å². The highest BCUT2D eigenvalue weighted by Gasteiger charge is 2.52. The van der Waals surface area contributed by atoms with Gasteiger partial charge >= 0.3 is 13.3 Å². The van der Waals surface area contributed by atoms with Gasteiger partial charge in [0.25, 0.3) is 0 Å². The summed E-state index contributed by atoms with van der Waals surface area (Å²) in [5.41, 5.74) is -0.859. The Balaban J connectivity index is 2.31. The molecule has 0 amide bonds. The summed E-state index contributed by atoms with van der Waals surface area (Å²) in [6.07, 6.45) is -0.684. The summed E-state index contributed by atoms with van der Waals surface area (Å²) in [6.45, 7) is 7.65. The number of rotatable bonds is 3. The van der Waals surface area contributed by atoms with Gasteiger partial charge in [-0.15, -0.1) is 0 Å². The highest BCUT2D eigenvalue weighted by molar-refractivity contribution is 7.80. The molecule has 3 nitrogen and oxygen atoms in total. The van der Waals surface area contributed by atoms with Gasteiger partial charge in [0.15, 0.2) is 0 Å². The van der Waals surface area contributed by atoms with Gasteiger partial charge in [0.2, 0.25) is 0 Å². The van der Waals surface area contributed by atoms with Crippen LogP contribution in [0.15, 0.2) is 23.9 Å². The van der Waals surface area contributed by atoms with Crippen LogP contribution in [0.5, 0.6) is 0 Å². The van der Waals surface area contributed by atoms with E-state index in [4.69, 9.17) is 9.31 Å². The summed E-state index contributed by atoms with van der Waals surface area (Å²) in [5.74, 6) is 0.299. The van der Waals surface area contributed by atoms with Crippen LogP contribution in [0.25, 0.3) is 6.08 Å². The fourth-order valence-corrected chi connectivity index (χ4v) is 2.33. The van der Waals surface area contributed by atoms with Gasteiger partial charge in [-0.05, 0) is 44.8 Å². The van der Waals surface area contributed by atoms with E-state index in [0.717, 1.165) is 12.3 Å². The number of pyridine rings is 1. The maximum Gasteiger partial charge on any atom is 0.491 e. The van der Waals surface area contributed by atoms with E-state index in [9.17, 15) is 13.2 Å². The first kappa shape index (κ1) is 18.4. The van der Waals surface area contributed by atoms with Crippen LogP contribution in [0.4, 0.5) is 13.2 Å². The van der Waals surface area contributed by atoms with Crippen LogP contribution in [-0.2, 0) is 15.5 Å². The van der Waals surface area contributed by atoms with Crippen molar-refractivity contribution in [1.29, 1.82) is 0 Å². The highest BCUT2D eigenvalue weighted by atomic mass is 32.1. The lowest BCUT2D eigenvalue weighted by molar-refractivity contribution is -0.137. The monoisotopic (exact) mass is 345 g/mol. The SMILES string of the molecule is CC1(C)OB(C(=Cc2cncc(C(F)(F)F)c2)CS)OC1(C)C. The lowest BCUT2D eigenvalue weighted by Crippen LogP contribution is -2.41. The Hall–Kier alpha value is -0.985. The zero-order chi connectivity index (χ0) is 17.5. The third-order valence-electron chi connectivity index (χ3n) is 4.18.